The molecule has 0 aliphatic heterocycles. The third-order valence-electron chi connectivity index (χ3n) is 0.649. The number of hydrogen-bond acceptors (Lipinski definition) is 1. The van der Waals surface area contributed by atoms with Gasteiger partial charge in [0, 0.05) is 5.41 Å². The Bertz CT molecular complexity index is 140. The third kappa shape index (κ3) is 7.23. The van der Waals surface area contributed by atoms with E-state index in [-0.39, 0.29) is 5.41 Å². The van der Waals surface area contributed by atoms with Crippen molar-refractivity contribution in [2.75, 3.05) is 0 Å². The van der Waals surface area contributed by atoms with Crippen molar-refractivity contribution in [1.29, 1.82) is 0 Å². The third-order valence-corrected chi connectivity index (χ3v) is 0.649. The minimum absolute atomic E-state index is 0.0308. The molecular formula is C8H12O. The first kappa shape index (κ1) is 8.23. The summed E-state index contributed by atoms with van der Waals surface area (Å²) in [4.78, 5) is 9.79. The summed E-state index contributed by atoms with van der Waals surface area (Å²) < 4.78 is 0. The summed E-state index contributed by atoms with van der Waals surface area (Å²) in [5.74, 6) is 5.70. The van der Waals surface area contributed by atoms with Gasteiger partial charge in [0.25, 0.3) is 0 Å². The Balaban J connectivity index is 3.72. The van der Waals surface area contributed by atoms with Crippen molar-refractivity contribution in [3.05, 3.63) is 0 Å². The molecule has 0 heterocycles. The molecule has 0 aromatic carbocycles. The van der Waals surface area contributed by atoms with E-state index in [1.807, 2.05) is 20.8 Å². The van der Waals surface area contributed by atoms with Crippen LogP contribution in [0.2, 0.25) is 0 Å². The molecule has 50 valence electrons. The lowest BCUT2D eigenvalue weighted by Gasteiger charge is -2.05. The van der Waals surface area contributed by atoms with Crippen molar-refractivity contribution >= 4 is 6.29 Å². The van der Waals surface area contributed by atoms with Crippen LogP contribution in [0.15, 0.2) is 0 Å². The highest BCUT2D eigenvalue weighted by atomic mass is 16.1. The molecule has 0 spiro atoms. The molecule has 0 bridgehead atoms. The fourth-order valence-corrected chi connectivity index (χ4v) is 0.358. The van der Waals surface area contributed by atoms with Crippen LogP contribution in [0.5, 0.6) is 0 Å². The molecule has 0 N–H and O–H groups in total. The molecule has 0 rings (SSSR count). The summed E-state index contributed by atoms with van der Waals surface area (Å²) >= 11 is 0. The molecule has 0 fully saturated rings. The van der Waals surface area contributed by atoms with E-state index in [1.54, 1.807) is 0 Å². The zero-order valence-corrected chi connectivity index (χ0v) is 6.19. The molecular weight excluding hydrogens is 112 g/mol. The molecule has 0 aromatic rings. The minimum Gasteiger partial charge on any atom is -0.302 e. The summed E-state index contributed by atoms with van der Waals surface area (Å²) in [6, 6.07) is 0. The predicted octanol–water partition coefficient (Wildman–Crippen LogP) is 1.62. The van der Waals surface area contributed by atoms with Gasteiger partial charge in [-0.2, -0.15) is 0 Å². The maximum absolute atomic E-state index is 9.79. The van der Waals surface area contributed by atoms with Gasteiger partial charge in [0.05, 0.1) is 6.42 Å². The molecule has 0 amide bonds. The second kappa shape index (κ2) is 3.29. The average molecular weight is 124 g/mol. The summed E-state index contributed by atoms with van der Waals surface area (Å²) in [5.41, 5.74) is 0.0308. The average Bonchev–Trinajstić information content (AvgIpc) is 1.63. The molecule has 1 nitrogen and oxygen atoms in total. The topological polar surface area (TPSA) is 17.1 Å². The van der Waals surface area contributed by atoms with E-state index in [0.717, 1.165) is 6.29 Å². The van der Waals surface area contributed by atoms with Crippen LogP contribution in [0, 0.1) is 17.3 Å². The lowest BCUT2D eigenvalue weighted by Crippen LogP contribution is -1.98. The Morgan fingerprint density at radius 2 is 2.00 bits per heavy atom. The molecule has 0 aromatic heterocycles. The van der Waals surface area contributed by atoms with Crippen molar-refractivity contribution in [3.63, 3.8) is 0 Å². The molecule has 1 heteroatoms. The first-order valence-electron chi connectivity index (χ1n) is 3.00. The van der Waals surface area contributed by atoms with Gasteiger partial charge in [-0.1, -0.05) is 11.8 Å². The van der Waals surface area contributed by atoms with Crippen molar-refractivity contribution in [2.24, 2.45) is 5.41 Å². The Morgan fingerprint density at radius 1 is 1.44 bits per heavy atom. The number of hydrogen-bond donors (Lipinski definition) is 0. The Morgan fingerprint density at radius 3 is 2.33 bits per heavy atom. The van der Waals surface area contributed by atoms with Gasteiger partial charge in [0.1, 0.15) is 6.29 Å². The van der Waals surface area contributed by atoms with Crippen LogP contribution in [0.1, 0.15) is 27.2 Å². The van der Waals surface area contributed by atoms with Gasteiger partial charge < -0.3 is 4.79 Å². The van der Waals surface area contributed by atoms with E-state index in [9.17, 15) is 4.79 Å². The number of aldehydes is 1. The van der Waals surface area contributed by atoms with E-state index < -0.39 is 0 Å². The SMILES string of the molecule is CC(C)(C)C#CCC=O. The van der Waals surface area contributed by atoms with E-state index in [0.29, 0.717) is 6.42 Å². The van der Waals surface area contributed by atoms with E-state index in [4.69, 9.17) is 0 Å². The molecule has 0 atom stereocenters. The fraction of sp³-hybridized carbons (Fsp3) is 0.625. The predicted molar refractivity (Wildman–Crippen MR) is 37.9 cm³/mol. The van der Waals surface area contributed by atoms with Gasteiger partial charge in [-0.3, -0.25) is 0 Å². The highest BCUT2D eigenvalue weighted by molar-refractivity contribution is 5.53. The molecule has 0 unspecified atom stereocenters. The summed E-state index contributed by atoms with van der Waals surface area (Å²) in [6.07, 6.45) is 1.18. The number of carbonyl (C=O) groups excluding carboxylic acids is 1. The molecule has 0 radical (unpaired) electrons. The van der Waals surface area contributed by atoms with Crippen LogP contribution in [0.25, 0.3) is 0 Å². The van der Waals surface area contributed by atoms with E-state index in [2.05, 4.69) is 11.8 Å². The quantitative estimate of drug-likeness (QED) is 0.383. The van der Waals surface area contributed by atoms with Crippen molar-refractivity contribution < 1.29 is 4.79 Å². The number of carbonyl (C=O) groups is 1. The highest BCUT2D eigenvalue weighted by Gasteiger charge is 2.02. The normalized spacial score (nSPS) is 9.67. The van der Waals surface area contributed by atoms with Gasteiger partial charge in [0.15, 0.2) is 0 Å². The van der Waals surface area contributed by atoms with Crippen LogP contribution >= 0.6 is 0 Å². The monoisotopic (exact) mass is 124 g/mol. The van der Waals surface area contributed by atoms with Gasteiger partial charge in [-0.25, -0.2) is 0 Å². The second-order valence-corrected chi connectivity index (χ2v) is 2.92. The van der Waals surface area contributed by atoms with Gasteiger partial charge in [0.2, 0.25) is 0 Å². The summed E-state index contributed by atoms with van der Waals surface area (Å²) in [5, 5.41) is 0. The molecule has 0 saturated carbocycles. The Kier molecular flexibility index (Phi) is 3.01. The standard InChI is InChI=1S/C8H12O/c1-8(2,3)6-4-5-7-9/h7H,5H2,1-3H3. The zero-order valence-electron chi connectivity index (χ0n) is 6.19. The lowest BCUT2D eigenvalue weighted by atomic mass is 9.98. The van der Waals surface area contributed by atoms with Crippen molar-refractivity contribution in [1.82, 2.24) is 0 Å². The molecule has 0 aliphatic carbocycles. The first-order chi connectivity index (χ1) is 4.06. The first-order valence-corrected chi connectivity index (χ1v) is 3.00. The Labute approximate surface area is 56.5 Å². The fourth-order valence-electron chi connectivity index (χ4n) is 0.358. The highest BCUT2D eigenvalue weighted by Crippen LogP contribution is 2.09. The molecule has 0 saturated heterocycles. The maximum atomic E-state index is 9.79. The largest absolute Gasteiger partial charge is 0.302 e. The Hall–Kier alpha value is -0.770. The van der Waals surface area contributed by atoms with Gasteiger partial charge in [-0.05, 0) is 20.8 Å². The van der Waals surface area contributed by atoms with Gasteiger partial charge >= 0.3 is 0 Å². The van der Waals surface area contributed by atoms with Crippen molar-refractivity contribution in [3.8, 4) is 11.8 Å². The molecule has 0 aliphatic rings. The second-order valence-electron chi connectivity index (χ2n) is 2.92. The van der Waals surface area contributed by atoms with Crippen molar-refractivity contribution in [2.45, 2.75) is 27.2 Å². The van der Waals surface area contributed by atoms with Crippen LogP contribution in [0.4, 0.5) is 0 Å². The van der Waals surface area contributed by atoms with Crippen LogP contribution in [0.3, 0.4) is 0 Å². The van der Waals surface area contributed by atoms with Crippen LogP contribution < -0.4 is 0 Å². The minimum atomic E-state index is 0.0308. The summed E-state index contributed by atoms with van der Waals surface area (Å²) in [7, 11) is 0. The smallest absolute Gasteiger partial charge is 0.131 e. The van der Waals surface area contributed by atoms with Crippen LogP contribution in [-0.4, -0.2) is 6.29 Å². The maximum Gasteiger partial charge on any atom is 0.131 e. The van der Waals surface area contributed by atoms with Crippen LogP contribution in [-0.2, 0) is 4.79 Å². The van der Waals surface area contributed by atoms with Gasteiger partial charge in [-0.15, -0.1) is 0 Å². The van der Waals surface area contributed by atoms with E-state index >= 15 is 0 Å². The lowest BCUT2D eigenvalue weighted by molar-refractivity contribution is -0.107. The summed E-state index contributed by atoms with van der Waals surface area (Å²) in [6.45, 7) is 6.06. The zero-order chi connectivity index (χ0) is 7.33. The van der Waals surface area contributed by atoms with E-state index in [1.165, 1.54) is 0 Å². The number of rotatable bonds is 1. The molecule has 9 heavy (non-hydrogen) atoms.